The molecule has 0 aliphatic heterocycles. The number of hydrogen-bond acceptors (Lipinski definition) is 2. The second-order valence-electron chi connectivity index (χ2n) is 5.51. The van der Waals surface area contributed by atoms with E-state index in [-0.39, 0.29) is 0 Å². The van der Waals surface area contributed by atoms with Crippen molar-refractivity contribution in [2.75, 3.05) is 11.5 Å². The Bertz CT molecular complexity index is 869. The van der Waals surface area contributed by atoms with Gasteiger partial charge in [-0.05, 0) is 58.7 Å². The van der Waals surface area contributed by atoms with Crippen LogP contribution in [0, 0.1) is 0 Å². The highest BCUT2D eigenvalue weighted by atomic mass is 19.4. The molecule has 3 rings (SSSR count). The molecule has 3 aromatic rings. The first-order valence-corrected chi connectivity index (χ1v) is 7.28. The average Bonchev–Trinajstić information content (AvgIpc) is 2.55. The van der Waals surface area contributed by atoms with Crippen molar-refractivity contribution in [2.45, 2.75) is 6.18 Å². The Balaban J connectivity index is 2.17. The van der Waals surface area contributed by atoms with Gasteiger partial charge in [-0.3, -0.25) is 0 Å². The highest BCUT2D eigenvalue weighted by Crippen LogP contribution is 2.37. The Morgan fingerprint density at radius 1 is 0.625 bits per heavy atom. The van der Waals surface area contributed by atoms with Gasteiger partial charge in [0.1, 0.15) is 0 Å². The maximum absolute atomic E-state index is 13.0. The second kappa shape index (κ2) is 5.92. The van der Waals surface area contributed by atoms with Crippen LogP contribution in [0.25, 0.3) is 22.3 Å². The topological polar surface area (TPSA) is 52.0 Å². The van der Waals surface area contributed by atoms with E-state index < -0.39 is 11.7 Å². The molecule has 0 aliphatic carbocycles. The van der Waals surface area contributed by atoms with Crippen LogP contribution >= 0.6 is 0 Å². The predicted octanol–water partition coefficient (Wildman–Crippen LogP) is 5.20. The first-order chi connectivity index (χ1) is 11.3. The summed E-state index contributed by atoms with van der Waals surface area (Å²) in [6, 6.07) is 17.6. The summed E-state index contributed by atoms with van der Waals surface area (Å²) in [5.74, 6) is 0. The normalized spacial score (nSPS) is 11.5. The molecule has 0 atom stereocenters. The van der Waals surface area contributed by atoms with Gasteiger partial charge < -0.3 is 11.5 Å². The van der Waals surface area contributed by atoms with Gasteiger partial charge in [0.25, 0.3) is 0 Å². The highest BCUT2D eigenvalue weighted by molar-refractivity contribution is 5.86. The zero-order valence-corrected chi connectivity index (χ0v) is 12.6. The monoisotopic (exact) mass is 328 g/mol. The van der Waals surface area contributed by atoms with Gasteiger partial charge in [0.2, 0.25) is 0 Å². The van der Waals surface area contributed by atoms with Gasteiger partial charge in [-0.1, -0.05) is 30.3 Å². The second-order valence-corrected chi connectivity index (χ2v) is 5.51. The molecule has 4 N–H and O–H groups in total. The molecule has 0 aliphatic rings. The molecule has 0 unspecified atom stereocenters. The number of halogens is 3. The molecule has 122 valence electrons. The lowest BCUT2D eigenvalue weighted by Crippen LogP contribution is -2.04. The number of benzene rings is 3. The SMILES string of the molecule is Nc1ccc(-c2ccc(N)cc2-c2cccc(C(F)(F)F)c2)cc1. The van der Waals surface area contributed by atoms with E-state index in [1.165, 1.54) is 6.07 Å². The predicted molar refractivity (Wildman–Crippen MR) is 91.1 cm³/mol. The van der Waals surface area contributed by atoms with Crippen LogP contribution in [0.4, 0.5) is 24.5 Å². The Morgan fingerprint density at radius 2 is 1.29 bits per heavy atom. The van der Waals surface area contributed by atoms with E-state index >= 15 is 0 Å². The molecule has 0 radical (unpaired) electrons. The number of rotatable bonds is 2. The Labute approximate surface area is 137 Å². The van der Waals surface area contributed by atoms with Gasteiger partial charge in [-0.25, -0.2) is 0 Å². The maximum Gasteiger partial charge on any atom is 0.416 e. The van der Waals surface area contributed by atoms with Crippen LogP contribution in [0.1, 0.15) is 5.56 Å². The molecule has 0 bridgehead atoms. The van der Waals surface area contributed by atoms with Crippen LogP contribution in [0.2, 0.25) is 0 Å². The Morgan fingerprint density at radius 3 is 1.96 bits per heavy atom. The van der Waals surface area contributed by atoms with Crippen molar-refractivity contribution in [2.24, 2.45) is 0 Å². The summed E-state index contributed by atoms with van der Waals surface area (Å²) < 4.78 is 39.0. The van der Waals surface area contributed by atoms with E-state index in [0.29, 0.717) is 22.5 Å². The lowest BCUT2D eigenvalue weighted by Gasteiger charge is -2.14. The fourth-order valence-corrected chi connectivity index (χ4v) is 2.58. The number of alkyl halides is 3. The third-order valence-electron chi connectivity index (χ3n) is 3.77. The van der Waals surface area contributed by atoms with Crippen LogP contribution < -0.4 is 11.5 Å². The van der Waals surface area contributed by atoms with Gasteiger partial charge >= 0.3 is 6.18 Å². The molecule has 5 heteroatoms. The minimum absolute atomic E-state index is 0.462. The van der Waals surface area contributed by atoms with E-state index in [4.69, 9.17) is 11.5 Å². The number of nitrogens with two attached hydrogens (primary N) is 2. The first kappa shape index (κ1) is 15.9. The molecule has 3 aromatic carbocycles. The lowest BCUT2D eigenvalue weighted by atomic mass is 9.93. The third-order valence-corrected chi connectivity index (χ3v) is 3.77. The molecule has 24 heavy (non-hydrogen) atoms. The molecular weight excluding hydrogens is 313 g/mol. The molecule has 0 heterocycles. The van der Waals surface area contributed by atoms with Gasteiger partial charge in [0, 0.05) is 11.4 Å². The van der Waals surface area contributed by atoms with Crippen molar-refractivity contribution in [1.82, 2.24) is 0 Å². The zero-order chi connectivity index (χ0) is 17.3. The van der Waals surface area contributed by atoms with Crippen molar-refractivity contribution < 1.29 is 13.2 Å². The van der Waals surface area contributed by atoms with Crippen molar-refractivity contribution in [1.29, 1.82) is 0 Å². The number of nitrogen functional groups attached to an aromatic ring is 2. The molecular formula is C19H15F3N2. The van der Waals surface area contributed by atoms with Crippen molar-refractivity contribution in [3.05, 3.63) is 72.3 Å². The van der Waals surface area contributed by atoms with Gasteiger partial charge in [-0.15, -0.1) is 0 Å². The fraction of sp³-hybridized carbons (Fsp3) is 0.0526. The molecule has 0 fully saturated rings. The van der Waals surface area contributed by atoms with Crippen LogP contribution in [0.15, 0.2) is 66.7 Å². The van der Waals surface area contributed by atoms with Crippen LogP contribution in [0.3, 0.4) is 0 Å². The van der Waals surface area contributed by atoms with E-state index in [9.17, 15) is 13.2 Å². The molecule has 0 spiro atoms. The van der Waals surface area contributed by atoms with Gasteiger partial charge in [0.15, 0.2) is 0 Å². The Kier molecular flexibility index (Phi) is 3.93. The molecule has 0 saturated carbocycles. The lowest BCUT2D eigenvalue weighted by molar-refractivity contribution is -0.137. The fourth-order valence-electron chi connectivity index (χ4n) is 2.58. The molecule has 0 saturated heterocycles. The number of anilines is 2. The smallest absolute Gasteiger partial charge is 0.399 e. The van der Waals surface area contributed by atoms with E-state index in [1.54, 1.807) is 36.4 Å². The highest BCUT2D eigenvalue weighted by Gasteiger charge is 2.30. The largest absolute Gasteiger partial charge is 0.416 e. The number of hydrogen-bond donors (Lipinski definition) is 2. The van der Waals surface area contributed by atoms with Gasteiger partial charge in [0.05, 0.1) is 5.56 Å². The molecule has 0 aromatic heterocycles. The Hall–Kier alpha value is -2.95. The van der Waals surface area contributed by atoms with Crippen LogP contribution in [0.5, 0.6) is 0 Å². The first-order valence-electron chi connectivity index (χ1n) is 7.28. The zero-order valence-electron chi connectivity index (χ0n) is 12.6. The van der Waals surface area contributed by atoms with Crippen molar-refractivity contribution in [3.8, 4) is 22.3 Å². The summed E-state index contributed by atoms with van der Waals surface area (Å²) >= 11 is 0. The standard InChI is InChI=1S/C19H15F3N2/c20-19(21,22)14-3-1-2-13(10-14)18-11-16(24)8-9-17(18)12-4-6-15(23)7-5-12/h1-11H,23-24H2. The molecule has 2 nitrogen and oxygen atoms in total. The third kappa shape index (κ3) is 3.20. The van der Waals surface area contributed by atoms with Crippen LogP contribution in [-0.2, 0) is 6.18 Å². The summed E-state index contributed by atoms with van der Waals surface area (Å²) in [4.78, 5) is 0. The summed E-state index contributed by atoms with van der Waals surface area (Å²) in [7, 11) is 0. The van der Waals surface area contributed by atoms with E-state index in [0.717, 1.165) is 23.3 Å². The summed E-state index contributed by atoms with van der Waals surface area (Å²) in [5, 5.41) is 0. The minimum Gasteiger partial charge on any atom is -0.399 e. The maximum atomic E-state index is 13.0. The molecule has 0 amide bonds. The van der Waals surface area contributed by atoms with E-state index in [1.807, 2.05) is 12.1 Å². The van der Waals surface area contributed by atoms with Crippen LogP contribution in [-0.4, -0.2) is 0 Å². The van der Waals surface area contributed by atoms with E-state index in [2.05, 4.69) is 0 Å². The summed E-state index contributed by atoms with van der Waals surface area (Å²) in [6.45, 7) is 0. The van der Waals surface area contributed by atoms with Crippen molar-refractivity contribution >= 4 is 11.4 Å². The minimum atomic E-state index is -4.39. The van der Waals surface area contributed by atoms with Gasteiger partial charge in [-0.2, -0.15) is 13.2 Å². The quantitative estimate of drug-likeness (QED) is 0.635. The average molecular weight is 328 g/mol. The van der Waals surface area contributed by atoms with Crippen molar-refractivity contribution in [3.63, 3.8) is 0 Å². The summed E-state index contributed by atoms with van der Waals surface area (Å²) in [5.41, 5.74) is 14.7. The summed E-state index contributed by atoms with van der Waals surface area (Å²) in [6.07, 6.45) is -4.39.